The average molecular weight is 266 g/mol. The molecule has 0 aromatic rings. The Labute approximate surface area is 116 Å². The molecule has 0 saturated heterocycles. The van der Waals surface area contributed by atoms with E-state index in [4.69, 9.17) is 0 Å². The van der Waals surface area contributed by atoms with Crippen LogP contribution in [0.1, 0.15) is 34.1 Å². The van der Waals surface area contributed by atoms with E-state index in [9.17, 15) is 9.59 Å². The van der Waals surface area contributed by atoms with Gasteiger partial charge in [-0.15, -0.1) is 13.2 Å². The molecule has 1 N–H and O–H groups in total. The molecule has 2 amide bonds. The number of hydrogen-bond acceptors (Lipinski definition) is 2. The van der Waals surface area contributed by atoms with Crippen molar-refractivity contribution in [1.29, 1.82) is 0 Å². The third kappa shape index (κ3) is 7.44. The number of hydrogen-bond donors (Lipinski definition) is 1. The summed E-state index contributed by atoms with van der Waals surface area (Å²) in [5.41, 5.74) is -0.0885. The van der Waals surface area contributed by atoms with Crippen LogP contribution in [-0.2, 0) is 9.59 Å². The van der Waals surface area contributed by atoms with Gasteiger partial charge in [-0.3, -0.25) is 9.59 Å². The summed E-state index contributed by atoms with van der Waals surface area (Å²) in [6.45, 7) is 15.8. The van der Waals surface area contributed by atoms with Crippen molar-refractivity contribution in [2.45, 2.75) is 40.2 Å². The van der Waals surface area contributed by atoms with Gasteiger partial charge in [0.05, 0.1) is 0 Å². The number of nitrogens with one attached hydrogen (secondary N) is 1. The Morgan fingerprint density at radius 2 is 1.68 bits per heavy atom. The average Bonchev–Trinajstić information content (AvgIpc) is 2.25. The van der Waals surface area contributed by atoms with Crippen LogP contribution in [0.4, 0.5) is 0 Å². The molecular weight excluding hydrogens is 240 g/mol. The van der Waals surface area contributed by atoms with Gasteiger partial charge in [0, 0.05) is 19.5 Å². The molecule has 0 rings (SSSR count). The van der Waals surface area contributed by atoms with Gasteiger partial charge in [0.1, 0.15) is 6.04 Å². The fraction of sp³-hybridized carbons (Fsp3) is 0.600. The molecule has 1 atom stereocenters. The van der Waals surface area contributed by atoms with Crippen molar-refractivity contribution in [2.24, 2.45) is 5.41 Å². The van der Waals surface area contributed by atoms with Gasteiger partial charge in [0.25, 0.3) is 0 Å². The summed E-state index contributed by atoms with van der Waals surface area (Å²) in [5.74, 6) is -0.229. The first-order valence-electron chi connectivity index (χ1n) is 6.51. The molecule has 0 aliphatic rings. The summed E-state index contributed by atoms with van der Waals surface area (Å²) in [4.78, 5) is 25.5. The molecule has 4 heteroatoms. The second-order valence-electron chi connectivity index (χ2n) is 5.85. The van der Waals surface area contributed by atoms with Gasteiger partial charge in [0.2, 0.25) is 11.8 Å². The first-order chi connectivity index (χ1) is 8.71. The predicted molar refractivity (Wildman–Crippen MR) is 78.7 cm³/mol. The summed E-state index contributed by atoms with van der Waals surface area (Å²) < 4.78 is 0. The van der Waals surface area contributed by atoms with E-state index in [1.807, 2.05) is 20.8 Å². The molecule has 0 aliphatic carbocycles. The highest BCUT2D eigenvalue weighted by atomic mass is 16.2. The summed E-state index contributed by atoms with van der Waals surface area (Å²) in [6, 6.07) is -0.533. The lowest BCUT2D eigenvalue weighted by molar-refractivity contribution is -0.135. The minimum absolute atomic E-state index is 0.0885. The molecule has 0 bridgehead atoms. The van der Waals surface area contributed by atoms with Crippen LogP contribution >= 0.6 is 0 Å². The Hall–Kier alpha value is -1.58. The third-order valence-electron chi connectivity index (χ3n) is 2.45. The molecule has 4 nitrogen and oxygen atoms in total. The van der Waals surface area contributed by atoms with Gasteiger partial charge < -0.3 is 10.2 Å². The second-order valence-corrected chi connectivity index (χ2v) is 5.85. The Balaban J connectivity index is 4.50. The van der Waals surface area contributed by atoms with Crippen molar-refractivity contribution < 1.29 is 9.59 Å². The van der Waals surface area contributed by atoms with Gasteiger partial charge in [-0.1, -0.05) is 32.9 Å². The second kappa shape index (κ2) is 7.77. The Morgan fingerprint density at radius 1 is 1.21 bits per heavy atom. The first-order valence-corrected chi connectivity index (χ1v) is 6.51. The van der Waals surface area contributed by atoms with E-state index in [2.05, 4.69) is 18.5 Å². The molecular formula is C15H26N2O2. The largest absolute Gasteiger partial charge is 0.345 e. The maximum atomic E-state index is 12.1. The van der Waals surface area contributed by atoms with E-state index in [1.54, 1.807) is 24.0 Å². The molecule has 0 saturated carbocycles. The van der Waals surface area contributed by atoms with Crippen LogP contribution in [-0.4, -0.2) is 35.8 Å². The third-order valence-corrected chi connectivity index (χ3v) is 2.45. The van der Waals surface area contributed by atoms with E-state index in [0.717, 1.165) is 0 Å². The lowest BCUT2D eigenvalue weighted by atomic mass is 9.92. The zero-order valence-electron chi connectivity index (χ0n) is 12.5. The van der Waals surface area contributed by atoms with E-state index in [0.29, 0.717) is 19.5 Å². The molecule has 0 fully saturated rings. The Morgan fingerprint density at radius 3 is 2.05 bits per heavy atom. The highest BCUT2D eigenvalue weighted by Gasteiger charge is 2.23. The van der Waals surface area contributed by atoms with Gasteiger partial charge in [-0.05, 0) is 12.3 Å². The fourth-order valence-electron chi connectivity index (χ4n) is 1.68. The zero-order valence-corrected chi connectivity index (χ0v) is 12.5. The van der Waals surface area contributed by atoms with Crippen molar-refractivity contribution >= 4 is 11.8 Å². The van der Waals surface area contributed by atoms with E-state index in [1.165, 1.54) is 0 Å². The van der Waals surface area contributed by atoms with Gasteiger partial charge in [0.15, 0.2) is 0 Å². The van der Waals surface area contributed by atoms with Gasteiger partial charge in [-0.25, -0.2) is 0 Å². The smallest absolute Gasteiger partial charge is 0.245 e. The number of carbonyl (C=O) groups excluding carboxylic acids is 2. The van der Waals surface area contributed by atoms with Crippen molar-refractivity contribution in [3.63, 3.8) is 0 Å². The van der Waals surface area contributed by atoms with E-state index >= 15 is 0 Å². The van der Waals surface area contributed by atoms with Crippen LogP contribution in [0.5, 0.6) is 0 Å². The summed E-state index contributed by atoms with van der Waals surface area (Å²) in [7, 11) is 0. The fourth-order valence-corrected chi connectivity index (χ4v) is 1.68. The topological polar surface area (TPSA) is 49.4 Å². The van der Waals surface area contributed by atoms with Crippen molar-refractivity contribution in [1.82, 2.24) is 10.2 Å². The minimum atomic E-state index is -0.533. The van der Waals surface area contributed by atoms with Crippen LogP contribution in [0.2, 0.25) is 0 Å². The van der Waals surface area contributed by atoms with Gasteiger partial charge >= 0.3 is 0 Å². The van der Waals surface area contributed by atoms with Crippen LogP contribution < -0.4 is 5.32 Å². The molecule has 0 spiro atoms. The maximum Gasteiger partial charge on any atom is 0.245 e. The number of rotatable bonds is 7. The Kier molecular flexibility index (Phi) is 7.12. The molecule has 0 aliphatic heterocycles. The van der Waals surface area contributed by atoms with E-state index in [-0.39, 0.29) is 17.2 Å². The molecule has 19 heavy (non-hydrogen) atoms. The monoisotopic (exact) mass is 266 g/mol. The number of nitrogens with zero attached hydrogens (tertiary/aromatic N) is 1. The summed E-state index contributed by atoms with van der Waals surface area (Å²) in [5, 5.41) is 2.73. The van der Waals surface area contributed by atoms with Crippen molar-refractivity contribution in [2.75, 3.05) is 13.1 Å². The lowest BCUT2D eigenvalue weighted by Crippen LogP contribution is -2.47. The summed E-state index contributed by atoms with van der Waals surface area (Å²) >= 11 is 0. The molecule has 108 valence electrons. The normalized spacial score (nSPS) is 12.4. The quantitative estimate of drug-likeness (QED) is 0.718. The Bertz CT molecular complexity index is 333. The SMILES string of the molecule is C=CCN(CC=C)C(=O)C(C)NC(=O)CC(C)(C)C. The standard InChI is InChI=1S/C15H26N2O2/c1-7-9-17(10-8-2)14(19)12(3)16-13(18)11-15(4,5)6/h7-8,12H,1-2,9-11H2,3-6H3,(H,16,18). The predicted octanol–water partition coefficient (Wildman–Crippen LogP) is 2.13. The van der Waals surface area contributed by atoms with Gasteiger partial charge in [-0.2, -0.15) is 0 Å². The number of carbonyl (C=O) groups is 2. The molecule has 1 unspecified atom stereocenters. The highest BCUT2D eigenvalue weighted by Crippen LogP contribution is 2.17. The molecule has 0 heterocycles. The first kappa shape index (κ1) is 17.4. The van der Waals surface area contributed by atoms with E-state index < -0.39 is 6.04 Å². The summed E-state index contributed by atoms with van der Waals surface area (Å²) in [6.07, 6.45) is 3.71. The molecule has 0 radical (unpaired) electrons. The lowest BCUT2D eigenvalue weighted by Gasteiger charge is -2.25. The van der Waals surface area contributed by atoms with Crippen LogP contribution in [0.15, 0.2) is 25.3 Å². The van der Waals surface area contributed by atoms with Crippen LogP contribution in [0.3, 0.4) is 0 Å². The molecule has 0 aromatic heterocycles. The van der Waals surface area contributed by atoms with Crippen LogP contribution in [0, 0.1) is 5.41 Å². The van der Waals surface area contributed by atoms with Crippen LogP contribution in [0.25, 0.3) is 0 Å². The van der Waals surface area contributed by atoms with Crippen molar-refractivity contribution in [3.8, 4) is 0 Å². The minimum Gasteiger partial charge on any atom is -0.345 e. The maximum absolute atomic E-state index is 12.1. The zero-order chi connectivity index (χ0) is 15.1. The highest BCUT2D eigenvalue weighted by molar-refractivity contribution is 5.87. The number of amides is 2. The van der Waals surface area contributed by atoms with Crippen molar-refractivity contribution in [3.05, 3.63) is 25.3 Å². The molecule has 0 aromatic carbocycles.